The summed E-state index contributed by atoms with van der Waals surface area (Å²) in [7, 11) is 0. The van der Waals surface area contributed by atoms with Crippen molar-refractivity contribution in [2.24, 2.45) is 0 Å². The number of imide groups is 2. The van der Waals surface area contributed by atoms with Crippen LogP contribution < -0.4 is 15.4 Å². The SMILES string of the molecule is O=C1CCC(N2C(=O)c3cccc(OCCOCCOCCOC4CCNCC4)c3C2=O)C(=O)N1. The van der Waals surface area contributed by atoms with Crippen molar-refractivity contribution in [2.45, 2.75) is 37.8 Å². The Balaban J connectivity index is 1.17. The van der Waals surface area contributed by atoms with Gasteiger partial charge in [0.05, 0.1) is 50.3 Å². The fourth-order valence-electron chi connectivity index (χ4n) is 4.37. The number of carbonyl (C=O) groups is 4. The Morgan fingerprint density at radius 3 is 2.31 bits per heavy atom. The summed E-state index contributed by atoms with van der Waals surface area (Å²) in [5.41, 5.74) is 0.303. The molecule has 3 aliphatic rings. The predicted octanol–water partition coefficient (Wildman–Crippen LogP) is 0.268. The summed E-state index contributed by atoms with van der Waals surface area (Å²) in [6.45, 7) is 4.35. The second-order valence-corrected chi connectivity index (χ2v) is 8.52. The molecule has 0 spiro atoms. The lowest BCUT2D eigenvalue weighted by Crippen LogP contribution is -2.54. The van der Waals surface area contributed by atoms with Crippen molar-refractivity contribution in [3.05, 3.63) is 29.3 Å². The van der Waals surface area contributed by atoms with E-state index in [1.54, 1.807) is 12.1 Å². The molecule has 1 unspecified atom stereocenters. The van der Waals surface area contributed by atoms with E-state index in [4.69, 9.17) is 18.9 Å². The van der Waals surface area contributed by atoms with Gasteiger partial charge in [0.25, 0.3) is 11.8 Å². The van der Waals surface area contributed by atoms with Crippen molar-refractivity contribution in [3.63, 3.8) is 0 Å². The highest BCUT2D eigenvalue weighted by atomic mass is 16.6. The second kappa shape index (κ2) is 12.2. The quantitative estimate of drug-likeness (QED) is 0.314. The van der Waals surface area contributed by atoms with E-state index in [-0.39, 0.29) is 42.9 Å². The van der Waals surface area contributed by atoms with Gasteiger partial charge in [0.15, 0.2) is 0 Å². The van der Waals surface area contributed by atoms with Gasteiger partial charge >= 0.3 is 0 Å². The Morgan fingerprint density at radius 1 is 0.857 bits per heavy atom. The van der Waals surface area contributed by atoms with Crippen LogP contribution in [0.2, 0.25) is 0 Å². The standard InChI is InChI=1S/C24H31N3O8/c28-20-5-4-18(22(29)26-20)27-23(30)17-2-1-3-19(21(17)24(27)31)35-15-13-33-11-10-32-12-14-34-16-6-8-25-9-7-16/h1-3,16,18,25H,4-15H2,(H,26,28,29). The number of rotatable bonds is 12. The fourth-order valence-corrected chi connectivity index (χ4v) is 4.37. The van der Waals surface area contributed by atoms with Crippen LogP contribution in [0.15, 0.2) is 18.2 Å². The van der Waals surface area contributed by atoms with E-state index in [0.29, 0.717) is 32.5 Å². The molecule has 2 saturated heterocycles. The number of hydrogen-bond donors (Lipinski definition) is 2. The highest BCUT2D eigenvalue weighted by Gasteiger charge is 2.45. The zero-order chi connectivity index (χ0) is 24.6. The van der Waals surface area contributed by atoms with Gasteiger partial charge in [-0.3, -0.25) is 29.4 Å². The van der Waals surface area contributed by atoms with Crippen LogP contribution in [0, 0.1) is 0 Å². The first-order valence-corrected chi connectivity index (χ1v) is 12.0. The first-order valence-electron chi connectivity index (χ1n) is 12.0. The van der Waals surface area contributed by atoms with Crippen LogP contribution in [0.4, 0.5) is 0 Å². The minimum atomic E-state index is -1.01. The summed E-state index contributed by atoms with van der Waals surface area (Å²) in [6, 6.07) is 3.73. The van der Waals surface area contributed by atoms with Gasteiger partial charge < -0.3 is 24.3 Å². The number of carbonyl (C=O) groups excluding carboxylic acids is 4. The van der Waals surface area contributed by atoms with Gasteiger partial charge in [0.2, 0.25) is 11.8 Å². The molecule has 11 nitrogen and oxygen atoms in total. The van der Waals surface area contributed by atoms with E-state index >= 15 is 0 Å². The van der Waals surface area contributed by atoms with Crippen molar-refractivity contribution in [2.75, 3.05) is 52.7 Å². The van der Waals surface area contributed by atoms with E-state index in [1.807, 2.05) is 0 Å². The summed E-state index contributed by atoms with van der Waals surface area (Å²) in [4.78, 5) is 50.4. The monoisotopic (exact) mass is 489 g/mol. The topological polar surface area (TPSA) is 132 Å². The van der Waals surface area contributed by atoms with Gasteiger partial charge in [-0.1, -0.05) is 6.07 Å². The molecule has 0 aliphatic carbocycles. The first kappa shape index (κ1) is 25.2. The molecule has 2 N–H and O–H groups in total. The van der Waals surface area contributed by atoms with Gasteiger partial charge in [0.1, 0.15) is 18.4 Å². The lowest BCUT2D eigenvalue weighted by molar-refractivity contribution is -0.136. The molecule has 1 aromatic rings. The minimum absolute atomic E-state index is 0.0689. The summed E-state index contributed by atoms with van der Waals surface area (Å²) < 4.78 is 22.5. The van der Waals surface area contributed by atoms with Crippen molar-refractivity contribution in [3.8, 4) is 5.75 Å². The van der Waals surface area contributed by atoms with Crippen LogP contribution in [0.5, 0.6) is 5.75 Å². The van der Waals surface area contributed by atoms with E-state index < -0.39 is 29.7 Å². The largest absolute Gasteiger partial charge is 0.490 e. The van der Waals surface area contributed by atoms with E-state index in [9.17, 15) is 19.2 Å². The van der Waals surface area contributed by atoms with Crippen LogP contribution in [0.25, 0.3) is 0 Å². The Morgan fingerprint density at radius 2 is 1.57 bits per heavy atom. The smallest absolute Gasteiger partial charge is 0.266 e. The molecule has 3 aliphatic heterocycles. The van der Waals surface area contributed by atoms with Gasteiger partial charge in [-0.05, 0) is 44.5 Å². The Hall–Kier alpha value is -2.86. The molecule has 190 valence electrons. The number of benzene rings is 1. The maximum absolute atomic E-state index is 13.0. The summed E-state index contributed by atoms with van der Waals surface area (Å²) >= 11 is 0. The van der Waals surface area contributed by atoms with Crippen LogP contribution in [0.1, 0.15) is 46.4 Å². The van der Waals surface area contributed by atoms with Crippen LogP contribution >= 0.6 is 0 Å². The number of nitrogens with zero attached hydrogens (tertiary/aromatic N) is 1. The highest BCUT2D eigenvalue weighted by Crippen LogP contribution is 2.33. The highest BCUT2D eigenvalue weighted by molar-refractivity contribution is 6.24. The number of fused-ring (bicyclic) bond motifs is 1. The second-order valence-electron chi connectivity index (χ2n) is 8.52. The maximum Gasteiger partial charge on any atom is 0.266 e. The minimum Gasteiger partial charge on any atom is -0.490 e. The molecule has 3 heterocycles. The zero-order valence-electron chi connectivity index (χ0n) is 19.6. The lowest BCUT2D eigenvalue weighted by Gasteiger charge is -2.27. The third-order valence-corrected chi connectivity index (χ3v) is 6.15. The number of amides is 4. The molecule has 0 saturated carbocycles. The van der Waals surface area contributed by atoms with E-state index in [0.717, 1.165) is 30.8 Å². The molecular weight excluding hydrogens is 458 g/mol. The van der Waals surface area contributed by atoms with Crippen molar-refractivity contribution < 1.29 is 38.1 Å². The third kappa shape index (κ3) is 6.23. The average Bonchev–Trinajstić information content (AvgIpc) is 3.11. The molecule has 4 rings (SSSR count). The third-order valence-electron chi connectivity index (χ3n) is 6.15. The molecule has 2 fully saturated rings. The molecule has 35 heavy (non-hydrogen) atoms. The molecule has 0 radical (unpaired) electrons. The van der Waals surface area contributed by atoms with Gasteiger partial charge in [-0.2, -0.15) is 0 Å². The molecule has 0 aromatic heterocycles. The number of nitrogens with one attached hydrogen (secondary N) is 2. The van der Waals surface area contributed by atoms with Crippen LogP contribution in [0.3, 0.4) is 0 Å². The predicted molar refractivity (Wildman–Crippen MR) is 122 cm³/mol. The number of ether oxygens (including phenoxy) is 4. The molecule has 0 bridgehead atoms. The van der Waals surface area contributed by atoms with Crippen molar-refractivity contribution >= 4 is 23.6 Å². The lowest BCUT2D eigenvalue weighted by atomic mass is 10.0. The van der Waals surface area contributed by atoms with Crippen molar-refractivity contribution in [1.82, 2.24) is 15.5 Å². The molecule has 11 heteroatoms. The summed E-state index contributed by atoms with van der Waals surface area (Å²) in [5, 5.41) is 5.48. The van der Waals surface area contributed by atoms with Crippen LogP contribution in [-0.2, 0) is 23.8 Å². The summed E-state index contributed by atoms with van der Waals surface area (Å²) in [6.07, 6.45) is 2.54. The Bertz CT molecular complexity index is 947. The first-order chi connectivity index (χ1) is 17.1. The van der Waals surface area contributed by atoms with Gasteiger partial charge in [-0.25, -0.2) is 0 Å². The number of hydrogen-bond acceptors (Lipinski definition) is 9. The molecule has 1 aromatic carbocycles. The van der Waals surface area contributed by atoms with Gasteiger partial charge in [-0.15, -0.1) is 0 Å². The van der Waals surface area contributed by atoms with Crippen molar-refractivity contribution in [1.29, 1.82) is 0 Å². The number of piperidine rings is 2. The molecular formula is C24H31N3O8. The van der Waals surface area contributed by atoms with E-state index in [1.165, 1.54) is 6.07 Å². The Kier molecular flexibility index (Phi) is 8.80. The summed E-state index contributed by atoms with van der Waals surface area (Å²) in [5.74, 6) is -1.97. The van der Waals surface area contributed by atoms with Crippen LogP contribution in [-0.4, -0.2) is 93.4 Å². The molecule has 1 atom stereocenters. The van der Waals surface area contributed by atoms with Gasteiger partial charge in [0, 0.05) is 6.42 Å². The molecule has 4 amide bonds. The zero-order valence-corrected chi connectivity index (χ0v) is 19.6. The normalized spacial score (nSPS) is 20.8. The maximum atomic E-state index is 13.0. The fraction of sp³-hybridized carbons (Fsp3) is 0.583. The Labute approximate surface area is 203 Å². The van der Waals surface area contributed by atoms with E-state index in [2.05, 4.69) is 10.6 Å². The average molecular weight is 490 g/mol.